The molecule has 0 radical (unpaired) electrons. The molecule has 184 valence electrons. The average molecular weight is 476 g/mol. The molecule has 0 saturated heterocycles. The average Bonchev–Trinajstić information content (AvgIpc) is 3.11. The largest absolute Gasteiger partial charge is 0.871 e. The van der Waals surface area contributed by atoms with Gasteiger partial charge in [-0.05, 0) is 95.2 Å². The molecule has 0 N–H and O–H groups in total. The van der Waals surface area contributed by atoms with Crippen molar-refractivity contribution in [3.63, 3.8) is 0 Å². The molecule has 0 aliphatic heterocycles. The molecule has 1 unspecified atom stereocenters. The smallest absolute Gasteiger partial charge is 0.193 e. The van der Waals surface area contributed by atoms with Gasteiger partial charge in [0.2, 0.25) is 0 Å². The third-order valence-corrected chi connectivity index (χ3v) is 8.11. The van der Waals surface area contributed by atoms with Crippen LogP contribution < -0.4 is 5.11 Å². The van der Waals surface area contributed by atoms with Crippen LogP contribution in [0.5, 0.6) is 0 Å². The first-order chi connectivity index (χ1) is 17.0. The Morgan fingerprint density at radius 3 is 2.19 bits per heavy atom. The number of rotatable bonds is 3. The van der Waals surface area contributed by atoms with Crippen molar-refractivity contribution in [2.75, 3.05) is 0 Å². The van der Waals surface area contributed by atoms with Crippen LogP contribution in [0.1, 0.15) is 69.7 Å². The summed E-state index contributed by atoms with van der Waals surface area (Å²) in [4.78, 5) is 13.7. The Hall–Kier alpha value is -3.39. The first-order valence-corrected chi connectivity index (χ1v) is 13.0. The number of carbonyl (C=O) groups excluding carboxylic acids is 1. The van der Waals surface area contributed by atoms with E-state index in [9.17, 15) is 9.90 Å². The summed E-state index contributed by atoms with van der Waals surface area (Å²) in [5.41, 5.74) is 12.6. The molecule has 0 heterocycles. The van der Waals surface area contributed by atoms with Gasteiger partial charge in [0.25, 0.3) is 0 Å². The summed E-state index contributed by atoms with van der Waals surface area (Å²) in [5, 5.41) is 13.7. The molecule has 0 fully saturated rings. The van der Waals surface area contributed by atoms with Crippen LogP contribution in [0.3, 0.4) is 0 Å². The lowest BCUT2D eigenvalue weighted by Crippen LogP contribution is -2.30. The monoisotopic (exact) mass is 475 g/mol. The van der Waals surface area contributed by atoms with Crippen molar-refractivity contribution in [3.05, 3.63) is 110 Å². The molecule has 0 aromatic heterocycles. The SMILES string of the molecule is CC1=C/C(=C2\C(=O)C(c3cc(C)c4cc(C(C)C)ccc(C)c3-4)=C2[O-])C2=C(C)C=CC(C(C)C)=CC12. The number of hydrogen-bond acceptors (Lipinski definition) is 2. The third kappa shape index (κ3) is 3.58. The standard InChI is InChI=1S/C34H36O2/c1-17(2)23-11-9-19(5)29-25(15-23)21(7)13-27(29)31-33(35)32(34(31)36)28-14-22(8)26-16-24(18(3)4)12-10-20(6)30(26)28/h9-18,25,35H,1-8H3/p-1/b31-27+. The normalized spacial score (nSPS) is 21.9. The molecule has 2 nitrogen and oxygen atoms in total. The highest BCUT2D eigenvalue weighted by Gasteiger charge is 2.38. The predicted octanol–water partition coefficient (Wildman–Crippen LogP) is 7.53. The molecule has 5 rings (SSSR count). The van der Waals surface area contributed by atoms with Crippen LogP contribution in [0.15, 0.2) is 87.8 Å². The predicted molar refractivity (Wildman–Crippen MR) is 148 cm³/mol. The number of ketones is 1. The minimum absolute atomic E-state index is 0.113. The topological polar surface area (TPSA) is 40.1 Å². The van der Waals surface area contributed by atoms with Crippen LogP contribution in [-0.4, -0.2) is 5.78 Å². The van der Waals surface area contributed by atoms with Crippen LogP contribution in [-0.2, 0) is 4.79 Å². The molecular formula is C34H35O2-. The summed E-state index contributed by atoms with van der Waals surface area (Å²) in [6.45, 7) is 17.1. The van der Waals surface area contributed by atoms with Gasteiger partial charge < -0.3 is 5.11 Å². The van der Waals surface area contributed by atoms with Gasteiger partial charge in [-0.1, -0.05) is 87.6 Å². The van der Waals surface area contributed by atoms with Crippen molar-refractivity contribution >= 4 is 11.4 Å². The molecule has 0 saturated carbocycles. The minimum atomic E-state index is -0.122. The number of fused-ring (bicyclic) bond motifs is 2. The van der Waals surface area contributed by atoms with Crippen molar-refractivity contribution in [3.8, 4) is 11.1 Å². The van der Waals surface area contributed by atoms with Gasteiger partial charge in [0.05, 0.1) is 0 Å². The lowest BCUT2D eigenvalue weighted by molar-refractivity contribution is -0.297. The summed E-state index contributed by atoms with van der Waals surface area (Å²) in [7, 11) is 0. The molecule has 0 aromatic rings. The lowest BCUT2D eigenvalue weighted by Gasteiger charge is -2.33. The maximum Gasteiger partial charge on any atom is 0.193 e. The fraction of sp³-hybridized carbons (Fsp3) is 0.324. The van der Waals surface area contributed by atoms with Crippen molar-refractivity contribution in [1.29, 1.82) is 0 Å². The van der Waals surface area contributed by atoms with E-state index in [1.165, 1.54) is 16.7 Å². The Morgan fingerprint density at radius 2 is 1.56 bits per heavy atom. The molecule has 0 bridgehead atoms. The fourth-order valence-electron chi connectivity index (χ4n) is 5.89. The van der Waals surface area contributed by atoms with Gasteiger partial charge in [0.1, 0.15) is 0 Å². The fourth-order valence-corrected chi connectivity index (χ4v) is 5.89. The third-order valence-electron chi connectivity index (χ3n) is 8.11. The van der Waals surface area contributed by atoms with E-state index in [0.717, 1.165) is 44.5 Å². The van der Waals surface area contributed by atoms with Gasteiger partial charge in [-0.3, -0.25) is 4.79 Å². The van der Waals surface area contributed by atoms with Gasteiger partial charge in [0, 0.05) is 17.1 Å². The van der Waals surface area contributed by atoms with Crippen molar-refractivity contribution in [1.82, 2.24) is 0 Å². The van der Waals surface area contributed by atoms with Gasteiger partial charge in [-0.15, -0.1) is 0 Å². The number of allylic oxidation sites excluding steroid dienone is 11. The Bertz CT molecular complexity index is 1480. The molecule has 1 atom stereocenters. The summed E-state index contributed by atoms with van der Waals surface area (Å²) < 4.78 is 0. The highest BCUT2D eigenvalue weighted by atomic mass is 16.3. The number of aryl methyl sites for hydroxylation is 2. The lowest BCUT2D eigenvalue weighted by atomic mass is 9.77. The zero-order chi connectivity index (χ0) is 26.0. The highest BCUT2D eigenvalue weighted by molar-refractivity contribution is 6.40. The number of hydrogen-bond donors (Lipinski definition) is 0. The van der Waals surface area contributed by atoms with E-state index in [-0.39, 0.29) is 17.5 Å². The minimum Gasteiger partial charge on any atom is -0.871 e. The van der Waals surface area contributed by atoms with E-state index < -0.39 is 0 Å². The zero-order valence-corrected chi connectivity index (χ0v) is 22.7. The van der Waals surface area contributed by atoms with Gasteiger partial charge in [-0.2, -0.15) is 0 Å². The van der Waals surface area contributed by atoms with E-state index in [0.29, 0.717) is 23.0 Å². The van der Waals surface area contributed by atoms with E-state index in [2.05, 4.69) is 97.9 Å². The molecule has 5 aliphatic rings. The maximum absolute atomic E-state index is 13.7. The van der Waals surface area contributed by atoms with E-state index in [1.54, 1.807) is 0 Å². The van der Waals surface area contributed by atoms with Gasteiger partial charge >= 0.3 is 0 Å². The van der Waals surface area contributed by atoms with Crippen LogP contribution in [0.2, 0.25) is 0 Å². The van der Waals surface area contributed by atoms with Crippen LogP contribution in [0.4, 0.5) is 0 Å². The Morgan fingerprint density at radius 1 is 0.833 bits per heavy atom. The van der Waals surface area contributed by atoms with Crippen molar-refractivity contribution in [2.24, 2.45) is 11.8 Å². The molecule has 0 spiro atoms. The van der Waals surface area contributed by atoms with Crippen LogP contribution in [0.25, 0.3) is 16.7 Å². The second kappa shape index (κ2) is 8.62. The molecule has 0 amide bonds. The quantitative estimate of drug-likeness (QED) is 0.431. The van der Waals surface area contributed by atoms with E-state index in [4.69, 9.17) is 0 Å². The Balaban J connectivity index is 1.67. The second-order valence-electron chi connectivity index (χ2n) is 11.3. The van der Waals surface area contributed by atoms with Crippen molar-refractivity contribution < 1.29 is 9.90 Å². The molecule has 36 heavy (non-hydrogen) atoms. The summed E-state index contributed by atoms with van der Waals surface area (Å²) >= 11 is 0. The first-order valence-electron chi connectivity index (χ1n) is 13.0. The summed E-state index contributed by atoms with van der Waals surface area (Å²) in [6.07, 6.45) is 8.67. The molecular weight excluding hydrogens is 440 g/mol. The number of carbonyl (C=O) groups is 1. The molecule has 0 aromatic carbocycles. The molecule has 2 heteroatoms. The number of Topliss-reactive ketones (excluding diaryl/α,β-unsaturated/α-hetero) is 1. The summed E-state index contributed by atoms with van der Waals surface area (Å²) in [6, 6.07) is 8.53. The van der Waals surface area contributed by atoms with Gasteiger partial charge in [-0.25, -0.2) is 0 Å². The zero-order valence-electron chi connectivity index (χ0n) is 22.7. The van der Waals surface area contributed by atoms with Crippen LogP contribution in [0, 0.1) is 25.7 Å². The van der Waals surface area contributed by atoms with E-state index in [1.807, 2.05) is 6.07 Å². The summed E-state index contributed by atoms with van der Waals surface area (Å²) in [5.74, 6) is 0.683. The van der Waals surface area contributed by atoms with Crippen LogP contribution >= 0.6 is 0 Å². The first kappa shape index (κ1) is 24.3. The Kier molecular flexibility index (Phi) is 5.82. The Labute approximate surface area is 215 Å². The maximum atomic E-state index is 13.7. The second-order valence-corrected chi connectivity index (χ2v) is 11.3. The van der Waals surface area contributed by atoms with E-state index >= 15 is 0 Å². The molecule has 5 aliphatic carbocycles. The van der Waals surface area contributed by atoms with Gasteiger partial charge in [0.15, 0.2) is 5.78 Å². The van der Waals surface area contributed by atoms with Crippen molar-refractivity contribution in [2.45, 2.75) is 61.3 Å². The highest BCUT2D eigenvalue weighted by Crippen LogP contribution is 2.50.